The molecule has 1 aromatic heterocycles. The van der Waals surface area contributed by atoms with E-state index in [9.17, 15) is 4.79 Å². The number of hydrogen-bond donors (Lipinski definition) is 1. The SMILES string of the molecule is COC(=O)c1c(C2COCCO2)[nH]c2ccccc12. The normalized spacial score (nSPS) is 19.5. The average Bonchev–Trinajstić information content (AvgIpc) is 2.87. The van der Waals surface area contributed by atoms with Crippen molar-refractivity contribution in [1.29, 1.82) is 0 Å². The zero-order valence-corrected chi connectivity index (χ0v) is 10.6. The number of H-pyrrole nitrogens is 1. The van der Waals surface area contributed by atoms with Gasteiger partial charge in [-0.05, 0) is 6.07 Å². The van der Waals surface area contributed by atoms with Crippen LogP contribution in [-0.2, 0) is 14.2 Å². The molecule has 1 aliphatic rings. The molecule has 1 saturated heterocycles. The molecule has 100 valence electrons. The third-order valence-electron chi connectivity index (χ3n) is 3.26. The highest BCUT2D eigenvalue weighted by Gasteiger charge is 2.27. The van der Waals surface area contributed by atoms with Crippen molar-refractivity contribution in [2.24, 2.45) is 0 Å². The van der Waals surface area contributed by atoms with Crippen LogP contribution in [0.4, 0.5) is 0 Å². The van der Waals surface area contributed by atoms with Crippen LogP contribution in [0.5, 0.6) is 0 Å². The van der Waals surface area contributed by atoms with Gasteiger partial charge in [0.05, 0.1) is 38.2 Å². The number of rotatable bonds is 2. The molecule has 0 saturated carbocycles. The smallest absolute Gasteiger partial charge is 0.340 e. The second kappa shape index (κ2) is 5.03. The summed E-state index contributed by atoms with van der Waals surface area (Å²) in [6.45, 7) is 1.56. The minimum atomic E-state index is -0.360. The Hall–Kier alpha value is -1.85. The summed E-state index contributed by atoms with van der Waals surface area (Å²) in [6.07, 6.45) is -0.254. The highest BCUT2D eigenvalue weighted by Crippen LogP contribution is 2.30. The van der Waals surface area contributed by atoms with Gasteiger partial charge in [-0.3, -0.25) is 0 Å². The van der Waals surface area contributed by atoms with Gasteiger partial charge in [0.2, 0.25) is 0 Å². The van der Waals surface area contributed by atoms with Gasteiger partial charge in [0, 0.05) is 10.9 Å². The van der Waals surface area contributed by atoms with E-state index in [1.54, 1.807) is 0 Å². The van der Waals surface area contributed by atoms with Crippen LogP contribution in [0.25, 0.3) is 10.9 Å². The fraction of sp³-hybridized carbons (Fsp3) is 0.357. The minimum absolute atomic E-state index is 0.254. The van der Waals surface area contributed by atoms with Gasteiger partial charge >= 0.3 is 5.97 Å². The van der Waals surface area contributed by atoms with Gasteiger partial charge in [0.15, 0.2) is 0 Å². The number of aromatic nitrogens is 1. The summed E-state index contributed by atoms with van der Waals surface area (Å²) < 4.78 is 15.9. The Morgan fingerprint density at radius 3 is 2.95 bits per heavy atom. The van der Waals surface area contributed by atoms with Gasteiger partial charge in [-0.1, -0.05) is 18.2 Å². The van der Waals surface area contributed by atoms with Gasteiger partial charge in [-0.2, -0.15) is 0 Å². The zero-order chi connectivity index (χ0) is 13.2. The molecule has 1 N–H and O–H groups in total. The summed E-state index contributed by atoms with van der Waals surface area (Å²) >= 11 is 0. The number of carbonyl (C=O) groups is 1. The van der Waals surface area contributed by atoms with E-state index in [1.165, 1.54) is 7.11 Å². The van der Waals surface area contributed by atoms with Gasteiger partial charge in [0.1, 0.15) is 6.10 Å². The van der Waals surface area contributed by atoms with Gasteiger partial charge < -0.3 is 19.2 Å². The number of nitrogens with one attached hydrogen (secondary N) is 1. The van der Waals surface area contributed by atoms with Crippen LogP contribution in [0, 0.1) is 0 Å². The zero-order valence-electron chi connectivity index (χ0n) is 10.6. The molecule has 5 heteroatoms. The van der Waals surface area contributed by atoms with Crippen molar-refractivity contribution in [2.75, 3.05) is 26.9 Å². The summed E-state index contributed by atoms with van der Waals surface area (Å²) in [6, 6.07) is 7.63. The van der Waals surface area contributed by atoms with Crippen LogP contribution in [0.3, 0.4) is 0 Å². The molecule has 0 aliphatic carbocycles. The largest absolute Gasteiger partial charge is 0.465 e. The van der Waals surface area contributed by atoms with Gasteiger partial charge in [-0.25, -0.2) is 4.79 Å². The topological polar surface area (TPSA) is 60.6 Å². The van der Waals surface area contributed by atoms with Crippen LogP contribution in [-0.4, -0.2) is 37.9 Å². The molecule has 1 aromatic carbocycles. The van der Waals surface area contributed by atoms with E-state index in [1.807, 2.05) is 24.3 Å². The number of aromatic amines is 1. The molecule has 0 radical (unpaired) electrons. The molecule has 1 atom stereocenters. The molecular weight excluding hydrogens is 246 g/mol. The number of hydrogen-bond acceptors (Lipinski definition) is 4. The first-order valence-corrected chi connectivity index (χ1v) is 6.19. The fourth-order valence-electron chi connectivity index (χ4n) is 2.38. The first-order valence-electron chi connectivity index (χ1n) is 6.19. The van der Waals surface area contributed by atoms with Crippen LogP contribution in [0.2, 0.25) is 0 Å². The molecule has 1 unspecified atom stereocenters. The van der Waals surface area contributed by atoms with Crippen molar-refractivity contribution in [2.45, 2.75) is 6.10 Å². The first-order chi connectivity index (χ1) is 9.31. The second-order valence-electron chi connectivity index (χ2n) is 4.39. The maximum absolute atomic E-state index is 12.0. The number of carbonyl (C=O) groups excluding carboxylic acids is 1. The highest BCUT2D eigenvalue weighted by molar-refractivity contribution is 6.05. The molecule has 3 rings (SSSR count). The van der Waals surface area contributed by atoms with E-state index in [0.717, 1.165) is 16.6 Å². The number of methoxy groups -OCH3 is 1. The Bertz CT molecular complexity index is 599. The summed E-state index contributed by atoms with van der Waals surface area (Å²) in [5.41, 5.74) is 2.16. The number of para-hydroxylation sites is 1. The first kappa shape index (κ1) is 12.2. The Kier molecular flexibility index (Phi) is 3.23. The molecule has 2 aromatic rings. The molecule has 1 fully saturated rings. The van der Waals surface area contributed by atoms with Gasteiger partial charge in [-0.15, -0.1) is 0 Å². The van der Waals surface area contributed by atoms with Gasteiger partial charge in [0.25, 0.3) is 0 Å². The fourth-order valence-corrected chi connectivity index (χ4v) is 2.38. The molecule has 19 heavy (non-hydrogen) atoms. The highest BCUT2D eigenvalue weighted by atomic mass is 16.6. The maximum Gasteiger partial charge on any atom is 0.340 e. The Morgan fingerprint density at radius 2 is 2.21 bits per heavy atom. The lowest BCUT2D eigenvalue weighted by atomic mass is 10.1. The van der Waals surface area contributed by atoms with Crippen molar-refractivity contribution in [1.82, 2.24) is 4.98 Å². The quantitative estimate of drug-likeness (QED) is 0.840. The Morgan fingerprint density at radius 1 is 1.37 bits per heavy atom. The summed E-state index contributed by atoms with van der Waals surface area (Å²) in [5.74, 6) is -0.360. The maximum atomic E-state index is 12.0. The lowest BCUT2D eigenvalue weighted by molar-refractivity contribution is -0.0917. The Balaban J connectivity index is 2.13. The third-order valence-corrected chi connectivity index (χ3v) is 3.26. The molecule has 0 amide bonds. The lowest BCUT2D eigenvalue weighted by Crippen LogP contribution is -2.23. The monoisotopic (exact) mass is 261 g/mol. The number of ether oxygens (including phenoxy) is 3. The van der Waals surface area contributed by atoms with E-state index in [2.05, 4.69) is 4.98 Å². The van der Waals surface area contributed by atoms with Crippen molar-refractivity contribution in [3.8, 4) is 0 Å². The number of esters is 1. The predicted molar refractivity (Wildman–Crippen MR) is 69.2 cm³/mol. The summed E-state index contributed by atoms with van der Waals surface area (Å²) in [7, 11) is 1.38. The molecular formula is C14H15NO4. The average molecular weight is 261 g/mol. The molecule has 1 aliphatic heterocycles. The Labute approximate surface area is 110 Å². The van der Waals surface area contributed by atoms with Crippen LogP contribution >= 0.6 is 0 Å². The van der Waals surface area contributed by atoms with Crippen LogP contribution in [0.1, 0.15) is 22.2 Å². The van der Waals surface area contributed by atoms with Crippen molar-refractivity contribution >= 4 is 16.9 Å². The number of benzene rings is 1. The second-order valence-corrected chi connectivity index (χ2v) is 4.39. The number of fused-ring (bicyclic) bond motifs is 1. The lowest BCUT2D eigenvalue weighted by Gasteiger charge is -2.22. The van der Waals surface area contributed by atoms with Crippen molar-refractivity contribution in [3.05, 3.63) is 35.5 Å². The molecule has 0 bridgehead atoms. The predicted octanol–water partition coefficient (Wildman–Crippen LogP) is 2.04. The standard InChI is InChI=1S/C14H15NO4/c1-17-14(16)12-9-4-2-3-5-10(9)15-13(12)11-8-18-6-7-19-11/h2-5,11,15H,6-8H2,1H3. The minimum Gasteiger partial charge on any atom is -0.465 e. The third kappa shape index (κ3) is 2.11. The van der Waals surface area contributed by atoms with Crippen LogP contribution < -0.4 is 0 Å². The molecule has 2 heterocycles. The van der Waals surface area contributed by atoms with Crippen LogP contribution in [0.15, 0.2) is 24.3 Å². The van der Waals surface area contributed by atoms with E-state index in [-0.39, 0.29) is 12.1 Å². The van der Waals surface area contributed by atoms with E-state index < -0.39 is 0 Å². The van der Waals surface area contributed by atoms with Crippen molar-refractivity contribution in [3.63, 3.8) is 0 Å². The molecule has 5 nitrogen and oxygen atoms in total. The molecule has 0 spiro atoms. The summed E-state index contributed by atoms with van der Waals surface area (Å²) in [4.78, 5) is 15.3. The summed E-state index contributed by atoms with van der Waals surface area (Å²) in [5, 5.41) is 0.846. The van der Waals surface area contributed by atoms with Crippen molar-refractivity contribution < 1.29 is 19.0 Å². The van der Waals surface area contributed by atoms with E-state index in [0.29, 0.717) is 25.4 Å². The van der Waals surface area contributed by atoms with E-state index >= 15 is 0 Å². The van der Waals surface area contributed by atoms with E-state index in [4.69, 9.17) is 14.2 Å².